The molecule has 6 heteroatoms. The lowest BCUT2D eigenvalue weighted by Crippen LogP contribution is -2.49. The Hall–Kier alpha value is -2.63. The minimum absolute atomic E-state index is 0.108. The molecular formula is C19H22N4O2. The molecule has 2 aliphatic heterocycles. The van der Waals surface area contributed by atoms with Gasteiger partial charge in [0.05, 0.1) is 0 Å². The van der Waals surface area contributed by atoms with E-state index in [1.807, 2.05) is 48.3 Å². The quantitative estimate of drug-likeness (QED) is 0.856. The molecule has 1 atom stereocenters. The maximum atomic E-state index is 12.8. The fourth-order valence-corrected chi connectivity index (χ4v) is 3.67. The van der Waals surface area contributed by atoms with E-state index in [0.717, 1.165) is 43.1 Å². The second-order valence-electron chi connectivity index (χ2n) is 6.67. The van der Waals surface area contributed by atoms with E-state index >= 15 is 0 Å². The number of carbonyl (C=O) groups excluding carboxylic acids is 1. The molecule has 0 saturated carbocycles. The maximum absolute atomic E-state index is 12.8. The molecule has 0 spiro atoms. The Balaban J connectivity index is 1.34. The third-order valence-electron chi connectivity index (χ3n) is 5.17. The summed E-state index contributed by atoms with van der Waals surface area (Å²) in [6.07, 6.45) is 3.84. The number of ether oxygens (including phenoxy) is 1. The Morgan fingerprint density at radius 3 is 2.72 bits per heavy atom. The van der Waals surface area contributed by atoms with Crippen LogP contribution < -0.4 is 9.64 Å². The number of aromatic nitrogens is 2. The third kappa shape index (κ3) is 3.16. The Morgan fingerprint density at radius 2 is 2.00 bits per heavy atom. The summed E-state index contributed by atoms with van der Waals surface area (Å²) < 4.78 is 5.85. The van der Waals surface area contributed by atoms with Crippen molar-refractivity contribution in [3.63, 3.8) is 0 Å². The van der Waals surface area contributed by atoms with E-state index in [9.17, 15) is 4.79 Å². The molecule has 1 aromatic heterocycles. The van der Waals surface area contributed by atoms with Gasteiger partial charge in [0, 0.05) is 38.8 Å². The van der Waals surface area contributed by atoms with Crippen molar-refractivity contribution in [2.75, 3.05) is 25.0 Å². The fourth-order valence-electron chi connectivity index (χ4n) is 3.67. The average molecular weight is 338 g/mol. The standard InChI is InChI=1S/C19H22N4O2/c1-22(18-7-4-10-20-21-18)15-8-11-23(12-9-15)19(24)17-13-14-5-2-3-6-16(14)25-17/h2-7,10,15,17H,8-9,11-13H2,1H3/t17-/m1/s1. The molecule has 0 bridgehead atoms. The van der Waals surface area contributed by atoms with Gasteiger partial charge < -0.3 is 14.5 Å². The molecule has 1 aromatic carbocycles. The van der Waals surface area contributed by atoms with Crippen LogP contribution in [0.25, 0.3) is 0 Å². The number of benzene rings is 1. The SMILES string of the molecule is CN(c1cccnn1)C1CCN(C(=O)[C@H]2Cc3ccccc3O2)CC1. The first-order valence-electron chi connectivity index (χ1n) is 8.76. The summed E-state index contributed by atoms with van der Waals surface area (Å²) >= 11 is 0. The summed E-state index contributed by atoms with van der Waals surface area (Å²) in [4.78, 5) is 16.9. The van der Waals surface area contributed by atoms with Crippen molar-refractivity contribution < 1.29 is 9.53 Å². The van der Waals surface area contributed by atoms with Crippen LogP contribution in [-0.2, 0) is 11.2 Å². The molecule has 3 heterocycles. The predicted molar refractivity (Wildman–Crippen MR) is 94.6 cm³/mol. The normalized spacial score (nSPS) is 20.0. The largest absolute Gasteiger partial charge is 0.480 e. The number of rotatable bonds is 3. The summed E-state index contributed by atoms with van der Waals surface area (Å²) in [6, 6.07) is 12.1. The maximum Gasteiger partial charge on any atom is 0.263 e. The number of carbonyl (C=O) groups is 1. The lowest BCUT2D eigenvalue weighted by molar-refractivity contribution is -0.139. The lowest BCUT2D eigenvalue weighted by Gasteiger charge is -2.37. The van der Waals surface area contributed by atoms with Gasteiger partial charge in [-0.25, -0.2) is 0 Å². The molecule has 2 aliphatic rings. The van der Waals surface area contributed by atoms with Crippen LogP contribution in [0.1, 0.15) is 18.4 Å². The first kappa shape index (κ1) is 15.9. The predicted octanol–water partition coefficient (Wildman–Crippen LogP) is 1.91. The van der Waals surface area contributed by atoms with Crippen molar-refractivity contribution in [3.8, 4) is 5.75 Å². The first-order chi connectivity index (χ1) is 12.2. The van der Waals surface area contributed by atoms with Crippen LogP contribution in [0.5, 0.6) is 5.75 Å². The lowest BCUT2D eigenvalue weighted by atomic mass is 10.0. The van der Waals surface area contributed by atoms with E-state index in [0.29, 0.717) is 12.5 Å². The highest BCUT2D eigenvalue weighted by atomic mass is 16.5. The Morgan fingerprint density at radius 1 is 1.20 bits per heavy atom. The summed E-state index contributed by atoms with van der Waals surface area (Å²) in [7, 11) is 2.04. The van der Waals surface area contributed by atoms with Gasteiger partial charge in [-0.2, -0.15) is 5.10 Å². The summed E-state index contributed by atoms with van der Waals surface area (Å²) in [5.74, 6) is 1.83. The van der Waals surface area contributed by atoms with Crippen molar-refractivity contribution in [1.82, 2.24) is 15.1 Å². The van der Waals surface area contributed by atoms with E-state index in [4.69, 9.17) is 4.74 Å². The van der Waals surface area contributed by atoms with Crippen molar-refractivity contribution in [2.45, 2.75) is 31.4 Å². The number of hydrogen-bond donors (Lipinski definition) is 0. The molecule has 0 aliphatic carbocycles. The number of fused-ring (bicyclic) bond motifs is 1. The minimum atomic E-state index is -0.369. The molecule has 0 radical (unpaired) electrons. The number of likely N-dealkylation sites (tertiary alicyclic amines) is 1. The number of piperidine rings is 1. The van der Waals surface area contributed by atoms with Crippen molar-refractivity contribution in [1.29, 1.82) is 0 Å². The second kappa shape index (κ2) is 6.70. The Bertz CT molecular complexity index is 719. The van der Waals surface area contributed by atoms with Crippen molar-refractivity contribution >= 4 is 11.7 Å². The Kier molecular flexibility index (Phi) is 4.26. The van der Waals surface area contributed by atoms with E-state index < -0.39 is 0 Å². The summed E-state index contributed by atoms with van der Waals surface area (Å²) in [5, 5.41) is 8.11. The van der Waals surface area contributed by atoms with Gasteiger partial charge in [-0.1, -0.05) is 18.2 Å². The van der Waals surface area contributed by atoms with Crippen LogP contribution in [0.4, 0.5) is 5.82 Å². The molecule has 1 fully saturated rings. The van der Waals surface area contributed by atoms with Crippen LogP contribution in [0, 0.1) is 0 Å². The zero-order chi connectivity index (χ0) is 17.2. The molecule has 25 heavy (non-hydrogen) atoms. The Labute approximate surface area is 147 Å². The molecule has 2 aromatic rings. The van der Waals surface area contributed by atoms with Crippen LogP contribution in [-0.4, -0.2) is 53.3 Å². The molecule has 4 rings (SSSR count). The number of para-hydroxylation sites is 1. The van der Waals surface area contributed by atoms with Gasteiger partial charge >= 0.3 is 0 Å². The molecule has 1 amide bonds. The van der Waals surface area contributed by atoms with Gasteiger partial charge in [0.1, 0.15) is 5.75 Å². The monoisotopic (exact) mass is 338 g/mol. The number of amides is 1. The van der Waals surface area contributed by atoms with Gasteiger partial charge in [-0.05, 0) is 36.6 Å². The van der Waals surface area contributed by atoms with Gasteiger partial charge in [0.15, 0.2) is 11.9 Å². The number of anilines is 1. The van der Waals surface area contributed by atoms with Crippen LogP contribution >= 0.6 is 0 Å². The van der Waals surface area contributed by atoms with E-state index in [1.54, 1.807) is 6.20 Å². The third-order valence-corrected chi connectivity index (χ3v) is 5.17. The van der Waals surface area contributed by atoms with E-state index in [2.05, 4.69) is 15.1 Å². The second-order valence-corrected chi connectivity index (χ2v) is 6.67. The molecule has 0 unspecified atom stereocenters. The average Bonchev–Trinajstić information content (AvgIpc) is 3.12. The fraction of sp³-hybridized carbons (Fsp3) is 0.421. The zero-order valence-electron chi connectivity index (χ0n) is 14.3. The first-order valence-corrected chi connectivity index (χ1v) is 8.76. The van der Waals surface area contributed by atoms with Crippen LogP contribution in [0.3, 0.4) is 0 Å². The smallest absolute Gasteiger partial charge is 0.263 e. The molecule has 6 nitrogen and oxygen atoms in total. The summed E-state index contributed by atoms with van der Waals surface area (Å²) in [5.41, 5.74) is 1.12. The van der Waals surface area contributed by atoms with Crippen molar-refractivity contribution in [2.24, 2.45) is 0 Å². The van der Waals surface area contributed by atoms with Gasteiger partial charge in [0.25, 0.3) is 5.91 Å². The highest BCUT2D eigenvalue weighted by molar-refractivity contribution is 5.82. The topological polar surface area (TPSA) is 58.6 Å². The highest BCUT2D eigenvalue weighted by Gasteiger charge is 2.34. The number of hydrogen-bond acceptors (Lipinski definition) is 5. The van der Waals surface area contributed by atoms with Crippen LogP contribution in [0.2, 0.25) is 0 Å². The number of nitrogens with zero attached hydrogens (tertiary/aromatic N) is 4. The zero-order valence-corrected chi connectivity index (χ0v) is 14.3. The van der Waals surface area contributed by atoms with Crippen molar-refractivity contribution in [3.05, 3.63) is 48.2 Å². The molecule has 1 saturated heterocycles. The van der Waals surface area contributed by atoms with Gasteiger partial charge in [-0.15, -0.1) is 5.10 Å². The molecular weight excluding hydrogens is 316 g/mol. The minimum Gasteiger partial charge on any atom is -0.480 e. The molecule has 130 valence electrons. The van der Waals surface area contributed by atoms with Crippen LogP contribution in [0.15, 0.2) is 42.6 Å². The van der Waals surface area contributed by atoms with Gasteiger partial charge in [0.2, 0.25) is 0 Å². The summed E-state index contributed by atoms with van der Waals surface area (Å²) in [6.45, 7) is 1.51. The van der Waals surface area contributed by atoms with Gasteiger partial charge in [-0.3, -0.25) is 4.79 Å². The molecule has 0 N–H and O–H groups in total. The van der Waals surface area contributed by atoms with E-state index in [-0.39, 0.29) is 12.0 Å². The van der Waals surface area contributed by atoms with E-state index in [1.165, 1.54) is 0 Å². The highest BCUT2D eigenvalue weighted by Crippen LogP contribution is 2.29.